The Morgan fingerprint density at radius 3 is 2.44 bits per heavy atom. The quantitative estimate of drug-likeness (QED) is 0.729. The van der Waals surface area contributed by atoms with Crippen molar-refractivity contribution in [2.75, 3.05) is 6.54 Å². The Morgan fingerprint density at radius 2 is 1.89 bits per heavy atom. The Labute approximate surface area is 158 Å². The third kappa shape index (κ3) is 5.13. The Hall–Kier alpha value is -3.22. The fourth-order valence-electron chi connectivity index (χ4n) is 2.36. The maximum Gasteiger partial charge on any atom is 0.417 e. The van der Waals surface area contributed by atoms with Crippen molar-refractivity contribution in [2.24, 2.45) is 0 Å². The molecule has 27 heavy (non-hydrogen) atoms. The minimum atomic E-state index is -0.764. The van der Waals surface area contributed by atoms with E-state index in [2.05, 4.69) is 23.5 Å². The monoisotopic (exact) mass is 368 g/mol. The molecule has 0 saturated heterocycles. The predicted molar refractivity (Wildman–Crippen MR) is 103 cm³/mol. The second-order valence-electron chi connectivity index (χ2n) is 6.86. The molecule has 2 rings (SSSR count). The van der Waals surface area contributed by atoms with Crippen molar-refractivity contribution in [3.63, 3.8) is 0 Å². The zero-order chi connectivity index (χ0) is 20.0. The number of ether oxygens (including phenoxy) is 1. The minimum absolute atomic E-state index is 0.00409. The highest BCUT2D eigenvalue weighted by atomic mass is 16.6. The van der Waals surface area contributed by atoms with Crippen molar-refractivity contribution in [1.82, 2.24) is 19.9 Å². The van der Waals surface area contributed by atoms with Crippen LogP contribution in [0.5, 0.6) is 0 Å². The van der Waals surface area contributed by atoms with Gasteiger partial charge in [-0.05, 0) is 32.4 Å². The highest BCUT2D eigenvalue weighted by Crippen LogP contribution is 2.16. The third-order valence-electron chi connectivity index (χ3n) is 3.52. The van der Waals surface area contributed by atoms with Crippen LogP contribution in [0.3, 0.4) is 0 Å². The molecule has 7 nitrogen and oxygen atoms in total. The van der Waals surface area contributed by atoms with Gasteiger partial charge in [-0.15, -0.1) is 11.7 Å². The molecule has 1 heterocycles. The lowest BCUT2D eigenvalue weighted by Gasteiger charge is -2.25. The van der Waals surface area contributed by atoms with E-state index in [-0.39, 0.29) is 12.2 Å². The third-order valence-corrected chi connectivity index (χ3v) is 3.52. The van der Waals surface area contributed by atoms with Crippen LogP contribution in [-0.2, 0) is 11.3 Å². The molecule has 142 valence electrons. The number of aromatic nitrogens is 3. The van der Waals surface area contributed by atoms with Crippen LogP contribution < -0.4 is 0 Å². The smallest absolute Gasteiger partial charge is 0.417 e. The van der Waals surface area contributed by atoms with E-state index in [1.165, 1.54) is 12.2 Å². The molecule has 0 aliphatic heterocycles. The molecule has 7 heteroatoms. The molecule has 0 aliphatic rings. The maximum absolute atomic E-state index is 12.9. The van der Waals surface area contributed by atoms with Crippen molar-refractivity contribution < 1.29 is 14.3 Å². The second kappa shape index (κ2) is 8.44. The standard InChI is InChI=1S/C20H24N4O3/c1-6-13-23(19(26)27-20(3,4)5)18(25)17-16(7-2)24(22-21-17)14-15-11-9-8-10-12-15/h6-12H,1-2,13-14H2,3-5H3. The minimum Gasteiger partial charge on any atom is -0.443 e. The van der Waals surface area contributed by atoms with Gasteiger partial charge in [-0.3, -0.25) is 4.79 Å². The topological polar surface area (TPSA) is 77.3 Å². The molecule has 0 unspecified atom stereocenters. The van der Waals surface area contributed by atoms with Gasteiger partial charge in [0.15, 0.2) is 5.69 Å². The number of benzene rings is 1. The lowest BCUT2D eigenvalue weighted by Crippen LogP contribution is -2.41. The van der Waals surface area contributed by atoms with Crippen molar-refractivity contribution in [1.29, 1.82) is 0 Å². The molecule has 0 radical (unpaired) electrons. The van der Waals surface area contributed by atoms with Crippen molar-refractivity contribution in [3.8, 4) is 0 Å². The molecule has 0 atom stereocenters. The first-order valence-electron chi connectivity index (χ1n) is 8.52. The SMILES string of the molecule is C=CCN(C(=O)OC(C)(C)C)C(=O)c1nnn(Cc2ccccc2)c1C=C. The summed E-state index contributed by atoms with van der Waals surface area (Å²) in [6.07, 6.45) is 2.18. The maximum atomic E-state index is 12.9. The average molecular weight is 368 g/mol. The molecule has 0 fully saturated rings. The van der Waals surface area contributed by atoms with Gasteiger partial charge in [0.25, 0.3) is 5.91 Å². The van der Waals surface area contributed by atoms with Gasteiger partial charge in [-0.25, -0.2) is 14.4 Å². The summed E-state index contributed by atoms with van der Waals surface area (Å²) < 4.78 is 6.87. The van der Waals surface area contributed by atoms with Crippen LogP contribution in [0.25, 0.3) is 6.08 Å². The lowest BCUT2D eigenvalue weighted by atomic mass is 10.2. The van der Waals surface area contributed by atoms with Gasteiger partial charge in [0.1, 0.15) is 5.60 Å². The largest absolute Gasteiger partial charge is 0.443 e. The number of hydrogen-bond donors (Lipinski definition) is 0. The summed E-state index contributed by atoms with van der Waals surface area (Å²) in [6.45, 7) is 13.0. The number of hydrogen-bond acceptors (Lipinski definition) is 5. The van der Waals surface area contributed by atoms with Crippen LogP contribution in [0, 0.1) is 0 Å². The Balaban J connectivity index is 2.31. The van der Waals surface area contributed by atoms with E-state index in [0.29, 0.717) is 12.2 Å². The summed E-state index contributed by atoms with van der Waals surface area (Å²) in [7, 11) is 0. The lowest BCUT2D eigenvalue weighted by molar-refractivity contribution is 0.0259. The summed E-state index contributed by atoms with van der Waals surface area (Å²) in [5.74, 6) is -0.613. The number of carbonyl (C=O) groups excluding carboxylic acids is 2. The Kier molecular flexibility index (Phi) is 6.28. The van der Waals surface area contributed by atoms with E-state index in [1.54, 1.807) is 25.5 Å². The zero-order valence-electron chi connectivity index (χ0n) is 15.9. The first-order valence-corrected chi connectivity index (χ1v) is 8.52. The van der Waals surface area contributed by atoms with E-state index < -0.39 is 17.6 Å². The molecular weight excluding hydrogens is 344 g/mol. The molecule has 0 bridgehead atoms. The van der Waals surface area contributed by atoms with Crippen LogP contribution >= 0.6 is 0 Å². The molecule has 2 aromatic rings. The number of amides is 2. The van der Waals surface area contributed by atoms with Crippen molar-refractivity contribution >= 4 is 18.1 Å². The second-order valence-corrected chi connectivity index (χ2v) is 6.86. The van der Waals surface area contributed by atoms with Crippen molar-refractivity contribution in [3.05, 3.63) is 66.5 Å². The fraction of sp³-hybridized carbons (Fsp3) is 0.300. The normalized spacial score (nSPS) is 10.9. The van der Waals surface area contributed by atoms with Crippen LogP contribution in [0.1, 0.15) is 42.5 Å². The number of carbonyl (C=O) groups is 2. The van der Waals surface area contributed by atoms with E-state index in [1.807, 2.05) is 30.3 Å². The first kappa shape index (κ1) is 20.1. The Morgan fingerprint density at radius 1 is 1.22 bits per heavy atom. The molecule has 0 aliphatic carbocycles. The zero-order valence-corrected chi connectivity index (χ0v) is 15.9. The first-order chi connectivity index (χ1) is 12.8. The molecule has 0 spiro atoms. The highest BCUT2D eigenvalue weighted by Gasteiger charge is 2.30. The molecule has 1 aromatic heterocycles. The summed E-state index contributed by atoms with van der Waals surface area (Å²) in [6, 6.07) is 9.64. The highest BCUT2D eigenvalue weighted by molar-refractivity contribution is 6.03. The van der Waals surface area contributed by atoms with Gasteiger partial charge in [0.2, 0.25) is 0 Å². The number of nitrogens with zero attached hydrogens (tertiary/aromatic N) is 4. The molecule has 2 amide bonds. The van der Waals surface area contributed by atoms with Gasteiger partial charge in [0, 0.05) is 0 Å². The molecular formula is C20H24N4O3. The van der Waals surface area contributed by atoms with Gasteiger partial charge in [-0.1, -0.05) is 48.2 Å². The summed E-state index contributed by atoms with van der Waals surface area (Å²) in [4.78, 5) is 26.3. The van der Waals surface area contributed by atoms with E-state index in [4.69, 9.17) is 4.74 Å². The van der Waals surface area contributed by atoms with E-state index in [0.717, 1.165) is 10.5 Å². The van der Waals surface area contributed by atoms with Crippen LogP contribution in [-0.4, -0.2) is 44.0 Å². The van der Waals surface area contributed by atoms with E-state index in [9.17, 15) is 9.59 Å². The van der Waals surface area contributed by atoms with Crippen LogP contribution in [0.4, 0.5) is 4.79 Å². The van der Waals surface area contributed by atoms with Gasteiger partial charge < -0.3 is 4.74 Å². The van der Waals surface area contributed by atoms with E-state index >= 15 is 0 Å². The summed E-state index contributed by atoms with van der Waals surface area (Å²) in [5.41, 5.74) is 0.734. The summed E-state index contributed by atoms with van der Waals surface area (Å²) in [5, 5.41) is 8.02. The molecule has 0 N–H and O–H groups in total. The van der Waals surface area contributed by atoms with Gasteiger partial charge >= 0.3 is 6.09 Å². The van der Waals surface area contributed by atoms with Crippen molar-refractivity contribution in [2.45, 2.75) is 32.9 Å². The number of imide groups is 1. The molecule has 0 saturated carbocycles. The average Bonchev–Trinajstić information content (AvgIpc) is 3.01. The Bertz CT molecular complexity index is 835. The van der Waals surface area contributed by atoms with Crippen LogP contribution in [0.2, 0.25) is 0 Å². The molecule has 1 aromatic carbocycles. The van der Waals surface area contributed by atoms with Gasteiger partial charge in [-0.2, -0.15) is 0 Å². The van der Waals surface area contributed by atoms with Crippen LogP contribution in [0.15, 0.2) is 49.6 Å². The summed E-state index contributed by atoms with van der Waals surface area (Å²) >= 11 is 0. The van der Waals surface area contributed by atoms with Gasteiger partial charge in [0.05, 0.1) is 18.8 Å². The fourth-order valence-corrected chi connectivity index (χ4v) is 2.36. The number of rotatable bonds is 6. The predicted octanol–water partition coefficient (Wildman–Crippen LogP) is 3.53.